The van der Waals surface area contributed by atoms with E-state index in [1.807, 2.05) is 37.3 Å². The summed E-state index contributed by atoms with van der Waals surface area (Å²) in [5.41, 5.74) is 6.38. The second-order valence-corrected chi connectivity index (χ2v) is 3.53. The van der Waals surface area contributed by atoms with Crippen LogP contribution in [0.1, 0.15) is 18.4 Å². The number of carbonyl (C=O) groups is 1. The Morgan fingerprint density at radius 2 is 2.07 bits per heavy atom. The highest BCUT2D eigenvalue weighted by atomic mass is 16.5. The Bertz CT molecular complexity index is 400. The minimum Gasteiger partial charge on any atom is -0.451 e. The van der Waals surface area contributed by atoms with Crippen LogP contribution in [0.15, 0.2) is 35.3 Å². The summed E-state index contributed by atoms with van der Waals surface area (Å²) in [5.74, 6) is -0.340. The van der Waals surface area contributed by atoms with Crippen LogP contribution in [0.3, 0.4) is 0 Å². The van der Waals surface area contributed by atoms with E-state index < -0.39 is 6.10 Å². The Hall–Kier alpha value is -1.84. The topological polar surface area (TPSA) is 64.7 Å². The molecule has 78 valence electrons. The van der Waals surface area contributed by atoms with Crippen LogP contribution in [0.25, 0.3) is 0 Å². The van der Waals surface area contributed by atoms with Crippen LogP contribution in [0.2, 0.25) is 0 Å². The number of amidine groups is 1. The zero-order valence-electron chi connectivity index (χ0n) is 8.38. The summed E-state index contributed by atoms with van der Waals surface area (Å²) in [6.45, 7) is 1.92. The van der Waals surface area contributed by atoms with Gasteiger partial charge in [0.05, 0.1) is 0 Å². The lowest BCUT2D eigenvalue weighted by molar-refractivity contribution is -0.123. The third kappa shape index (κ3) is 1.83. The van der Waals surface area contributed by atoms with E-state index in [4.69, 9.17) is 10.5 Å². The van der Waals surface area contributed by atoms with Gasteiger partial charge in [-0.15, -0.1) is 0 Å². The van der Waals surface area contributed by atoms with Crippen molar-refractivity contribution in [2.45, 2.75) is 18.9 Å². The van der Waals surface area contributed by atoms with Gasteiger partial charge in [-0.2, -0.15) is 4.99 Å². The van der Waals surface area contributed by atoms with Crippen molar-refractivity contribution in [3.05, 3.63) is 35.9 Å². The molecule has 1 aromatic carbocycles. The van der Waals surface area contributed by atoms with Gasteiger partial charge in [0.15, 0.2) is 6.10 Å². The van der Waals surface area contributed by atoms with E-state index in [9.17, 15) is 4.79 Å². The van der Waals surface area contributed by atoms with Gasteiger partial charge in [0.2, 0.25) is 0 Å². The van der Waals surface area contributed by atoms with Crippen molar-refractivity contribution in [3.8, 4) is 0 Å². The first-order valence-corrected chi connectivity index (χ1v) is 4.78. The number of nitrogens with two attached hydrogens (primary N) is 1. The number of amides is 1. The second kappa shape index (κ2) is 3.73. The molecule has 2 atom stereocenters. The van der Waals surface area contributed by atoms with Gasteiger partial charge >= 0.3 is 0 Å². The normalized spacial score (nSPS) is 22.1. The van der Waals surface area contributed by atoms with E-state index in [-0.39, 0.29) is 17.8 Å². The van der Waals surface area contributed by atoms with Gasteiger partial charge in [-0.25, -0.2) is 0 Å². The Labute approximate surface area is 87.8 Å². The standard InChI is InChI=1S/C11H12N2O2/c1-7(8-5-3-2-4-6-8)9-10(14)13-11(12)15-9/h2-7,9H,1H3,(H2,12,13,14). The molecule has 0 aromatic heterocycles. The molecule has 4 nitrogen and oxygen atoms in total. The third-order valence-electron chi connectivity index (χ3n) is 2.49. The highest BCUT2D eigenvalue weighted by Crippen LogP contribution is 2.24. The average Bonchev–Trinajstić information content (AvgIpc) is 2.58. The zero-order chi connectivity index (χ0) is 10.8. The molecule has 0 fully saturated rings. The molecule has 1 amide bonds. The molecule has 1 aliphatic heterocycles. The molecular formula is C11H12N2O2. The fourth-order valence-electron chi connectivity index (χ4n) is 1.63. The molecule has 4 heteroatoms. The van der Waals surface area contributed by atoms with Crippen molar-refractivity contribution in [1.29, 1.82) is 0 Å². The van der Waals surface area contributed by atoms with Crippen molar-refractivity contribution in [2.75, 3.05) is 0 Å². The molecule has 0 spiro atoms. The van der Waals surface area contributed by atoms with E-state index in [0.717, 1.165) is 5.56 Å². The number of nitrogens with zero attached hydrogens (tertiary/aromatic N) is 1. The molecular weight excluding hydrogens is 192 g/mol. The van der Waals surface area contributed by atoms with Crippen LogP contribution in [0, 0.1) is 0 Å². The molecule has 2 rings (SSSR count). The molecule has 0 saturated carbocycles. The number of aliphatic imine (C=N–C) groups is 1. The lowest BCUT2D eigenvalue weighted by Crippen LogP contribution is -2.26. The highest BCUT2D eigenvalue weighted by molar-refractivity contribution is 5.98. The van der Waals surface area contributed by atoms with E-state index in [1.54, 1.807) is 0 Å². The quantitative estimate of drug-likeness (QED) is 0.782. The molecule has 2 N–H and O–H groups in total. The maximum absolute atomic E-state index is 11.4. The highest BCUT2D eigenvalue weighted by Gasteiger charge is 2.33. The third-order valence-corrected chi connectivity index (χ3v) is 2.49. The van der Waals surface area contributed by atoms with Crippen molar-refractivity contribution in [2.24, 2.45) is 10.7 Å². The zero-order valence-corrected chi connectivity index (χ0v) is 8.38. The monoisotopic (exact) mass is 204 g/mol. The van der Waals surface area contributed by atoms with Crippen molar-refractivity contribution >= 4 is 11.9 Å². The van der Waals surface area contributed by atoms with Crippen LogP contribution in [0.5, 0.6) is 0 Å². The smallest absolute Gasteiger partial charge is 0.291 e. The summed E-state index contributed by atoms with van der Waals surface area (Å²) in [6.07, 6.45) is -0.576. The predicted octanol–water partition coefficient (Wildman–Crippen LogP) is 1.03. The lowest BCUT2D eigenvalue weighted by atomic mass is 9.95. The Kier molecular flexibility index (Phi) is 2.41. The van der Waals surface area contributed by atoms with Gasteiger partial charge in [0, 0.05) is 5.92 Å². The number of hydrogen-bond acceptors (Lipinski definition) is 3. The van der Waals surface area contributed by atoms with E-state index in [1.165, 1.54) is 0 Å². The summed E-state index contributed by atoms with van der Waals surface area (Å²) >= 11 is 0. The van der Waals surface area contributed by atoms with Gasteiger partial charge in [-0.3, -0.25) is 4.79 Å². The van der Waals surface area contributed by atoms with Gasteiger partial charge in [-0.1, -0.05) is 37.3 Å². The summed E-state index contributed by atoms with van der Waals surface area (Å²) in [7, 11) is 0. The number of benzene rings is 1. The minimum atomic E-state index is -0.576. The fraction of sp³-hybridized carbons (Fsp3) is 0.273. The molecule has 2 unspecified atom stereocenters. The Balaban J connectivity index is 2.17. The molecule has 1 aliphatic rings. The van der Waals surface area contributed by atoms with Gasteiger partial charge in [-0.05, 0) is 5.56 Å². The van der Waals surface area contributed by atoms with E-state index >= 15 is 0 Å². The van der Waals surface area contributed by atoms with Crippen molar-refractivity contribution in [1.82, 2.24) is 0 Å². The second-order valence-electron chi connectivity index (χ2n) is 3.53. The van der Waals surface area contributed by atoms with Gasteiger partial charge in [0.1, 0.15) is 0 Å². The van der Waals surface area contributed by atoms with Gasteiger partial charge in [0.25, 0.3) is 11.9 Å². The van der Waals surface area contributed by atoms with Crippen molar-refractivity contribution in [3.63, 3.8) is 0 Å². The fourth-order valence-corrected chi connectivity index (χ4v) is 1.63. The molecule has 0 bridgehead atoms. The van der Waals surface area contributed by atoms with E-state index in [0.29, 0.717) is 0 Å². The summed E-state index contributed by atoms with van der Waals surface area (Å²) < 4.78 is 5.17. The largest absolute Gasteiger partial charge is 0.451 e. The Morgan fingerprint density at radius 3 is 2.60 bits per heavy atom. The first-order chi connectivity index (χ1) is 7.18. The maximum atomic E-state index is 11.4. The molecule has 0 radical (unpaired) electrons. The lowest BCUT2D eigenvalue weighted by Gasteiger charge is -2.16. The number of ether oxygens (including phenoxy) is 1. The maximum Gasteiger partial charge on any atom is 0.291 e. The van der Waals surface area contributed by atoms with Crippen LogP contribution in [-0.4, -0.2) is 18.0 Å². The summed E-state index contributed by atoms with van der Waals surface area (Å²) in [6, 6.07) is 9.66. The number of carbonyl (C=O) groups excluding carboxylic acids is 1. The molecule has 15 heavy (non-hydrogen) atoms. The van der Waals surface area contributed by atoms with Crippen LogP contribution < -0.4 is 5.73 Å². The number of hydrogen-bond donors (Lipinski definition) is 1. The van der Waals surface area contributed by atoms with Crippen LogP contribution in [0.4, 0.5) is 0 Å². The average molecular weight is 204 g/mol. The minimum absolute atomic E-state index is 0.0345. The molecule has 0 saturated heterocycles. The number of rotatable bonds is 2. The predicted molar refractivity (Wildman–Crippen MR) is 56.4 cm³/mol. The summed E-state index contributed by atoms with van der Waals surface area (Å²) in [5, 5.41) is 0. The van der Waals surface area contributed by atoms with Crippen molar-refractivity contribution < 1.29 is 9.53 Å². The van der Waals surface area contributed by atoms with Crippen LogP contribution in [-0.2, 0) is 9.53 Å². The molecule has 1 heterocycles. The first-order valence-electron chi connectivity index (χ1n) is 4.78. The summed E-state index contributed by atoms with van der Waals surface area (Å²) in [4.78, 5) is 15.0. The molecule has 0 aliphatic carbocycles. The van der Waals surface area contributed by atoms with Gasteiger partial charge < -0.3 is 10.5 Å². The molecule has 1 aromatic rings. The SMILES string of the molecule is CC(c1ccccc1)C1OC(N)=NC1=O. The first kappa shape index (κ1) is 9.71. The van der Waals surface area contributed by atoms with E-state index in [2.05, 4.69) is 4.99 Å². The Morgan fingerprint density at radius 1 is 1.40 bits per heavy atom. The van der Waals surface area contributed by atoms with Crippen LogP contribution >= 0.6 is 0 Å².